The first-order valence-corrected chi connectivity index (χ1v) is 8.61. The largest absolute Gasteiger partial charge is 0.395 e. The minimum Gasteiger partial charge on any atom is -0.395 e. The van der Waals surface area contributed by atoms with Crippen LogP contribution in [0.5, 0.6) is 0 Å². The van der Waals surface area contributed by atoms with Gasteiger partial charge in [-0.2, -0.15) is 0 Å². The van der Waals surface area contributed by atoms with Crippen LogP contribution in [0.1, 0.15) is 16.1 Å². The highest BCUT2D eigenvalue weighted by atomic mass is 32.1. The van der Waals surface area contributed by atoms with Crippen molar-refractivity contribution in [2.75, 3.05) is 13.2 Å². The number of aromatic nitrogens is 1. The Morgan fingerprint density at radius 2 is 1.71 bits per heavy atom. The number of nitrogens with zero attached hydrogens (tertiary/aromatic N) is 2. The minimum atomic E-state index is -0.161. The van der Waals surface area contributed by atoms with Gasteiger partial charge in [0.2, 0.25) is 0 Å². The maximum absolute atomic E-state index is 12.7. The monoisotopic (exact) mass is 338 g/mol. The molecule has 5 heteroatoms. The smallest absolute Gasteiger partial charge is 0.273 e. The Morgan fingerprint density at radius 3 is 2.38 bits per heavy atom. The number of amides is 1. The molecule has 122 valence electrons. The number of carbonyl (C=O) groups excluding carboxylic acids is 1. The van der Waals surface area contributed by atoms with Crippen LogP contribution in [0.15, 0.2) is 66.0 Å². The van der Waals surface area contributed by atoms with E-state index >= 15 is 0 Å². The molecule has 0 saturated carbocycles. The molecule has 3 aromatic rings. The zero-order valence-electron chi connectivity index (χ0n) is 13.1. The summed E-state index contributed by atoms with van der Waals surface area (Å²) in [6.45, 7) is 0.665. The van der Waals surface area contributed by atoms with Crippen LogP contribution in [0.2, 0.25) is 0 Å². The second kappa shape index (κ2) is 7.86. The van der Waals surface area contributed by atoms with Gasteiger partial charge in [0.15, 0.2) is 0 Å². The fourth-order valence-corrected chi connectivity index (χ4v) is 3.22. The summed E-state index contributed by atoms with van der Waals surface area (Å²) in [4.78, 5) is 18.8. The van der Waals surface area contributed by atoms with Gasteiger partial charge in [-0.15, -0.1) is 11.3 Å². The standard InChI is InChI=1S/C19H18N2O2S/c22-12-11-21(13-15-7-3-1-4-8-15)19(23)17-14-24-18(20-17)16-9-5-2-6-10-16/h1-10,14,22H,11-13H2. The highest BCUT2D eigenvalue weighted by Crippen LogP contribution is 2.24. The summed E-state index contributed by atoms with van der Waals surface area (Å²) in [5, 5.41) is 11.9. The van der Waals surface area contributed by atoms with Gasteiger partial charge in [0.05, 0.1) is 6.61 Å². The molecule has 1 aromatic heterocycles. The van der Waals surface area contributed by atoms with Crippen molar-refractivity contribution in [1.29, 1.82) is 0 Å². The molecule has 0 unspecified atom stereocenters. The molecule has 0 saturated heterocycles. The maximum Gasteiger partial charge on any atom is 0.273 e. The molecule has 1 heterocycles. The van der Waals surface area contributed by atoms with Gasteiger partial charge in [-0.1, -0.05) is 60.7 Å². The molecule has 0 aliphatic heterocycles. The third-order valence-corrected chi connectivity index (χ3v) is 4.51. The summed E-state index contributed by atoms with van der Waals surface area (Å²) >= 11 is 1.45. The van der Waals surface area contributed by atoms with Crippen molar-refractivity contribution in [3.63, 3.8) is 0 Å². The first kappa shape index (κ1) is 16.4. The zero-order chi connectivity index (χ0) is 16.8. The average Bonchev–Trinajstić information content (AvgIpc) is 3.12. The molecule has 0 radical (unpaired) electrons. The van der Waals surface area contributed by atoms with E-state index in [0.29, 0.717) is 12.2 Å². The molecule has 0 atom stereocenters. The molecular formula is C19H18N2O2S. The Morgan fingerprint density at radius 1 is 1.04 bits per heavy atom. The van der Waals surface area contributed by atoms with Crippen LogP contribution in [0.3, 0.4) is 0 Å². The van der Waals surface area contributed by atoms with Crippen molar-refractivity contribution in [2.24, 2.45) is 0 Å². The van der Waals surface area contributed by atoms with E-state index in [-0.39, 0.29) is 19.1 Å². The van der Waals surface area contributed by atoms with E-state index in [1.165, 1.54) is 11.3 Å². The fourth-order valence-electron chi connectivity index (χ4n) is 2.42. The van der Waals surface area contributed by atoms with Crippen molar-refractivity contribution < 1.29 is 9.90 Å². The summed E-state index contributed by atoms with van der Waals surface area (Å²) in [5.74, 6) is -0.161. The topological polar surface area (TPSA) is 53.4 Å². The molecule has 0 bridgehead atoms. The van der Waals surface area contributed by atoms with E-state index < -0.39 is 0 Å². The molecule has 1 N–H and O–H groups in total. The lowest BCUT2D eigenvalue weighted by Gasteiger charge is -2.20. The van der Waals surface area contributed by atoms with Crippen LogP contribution in [0.4, 0.5) is 0 Å². The van der Waals surface area contributed by atoms with Gasteiger partial charge in [-0.25, -0.2) is 4.98 Å². The van der Waals surface area contributed by atoms with Gasteiger partial charge in [-0.05, 0) is 5.56 Å². The van der Waals surface area contributed by atoms with Gasteiger partial charge in [0.25, 0.3) is 5.91 Å². The number of aliphatic hydroxyl groups is 1. The number of thiazole rings is 1. The van der Waals surface area contributed by atoms with Crippen molar-refractivity contribution >= 4 is 17.2 Å². The first-order valence-electron chi connectivity index (χ1n) is 7.73. The second-order valence-electron chi connectivity index (χ2n) is 5.34. The number of benzene rings is 2. The van der Waals surface area contributed by atoms with Crippen molar-refractivity contribution in [3.05, 3.63) is 77.3 Å². The van der Waals surface area contributed by atoms with Crippen molar-refractivity contribution in [3.8, 4) is 10.6 Å². The number of carbonyl (C=O) groups is 1. The van der Waals surface area contributed by atoms with Crippen molar-refractivity contribution in [2.45, 2.75) is 6.54 Å². The quantitative estimate of drug-likeness (QED) is 0.749. The molecule has 3 rings (SSSR count). The third kappa shape index (κ3) is 3.88. The predicted molar refractivity (Wildman–Crippen MR) is 95.8 cm³/mol. The van der Waals surface area contributed by atoms with Gasteiger partial charge < -0.3 is 10.0 Å². The van der Waals surface area contributed by atoms with Crippen molar-refractivity contribution in [1.82, 2.24) is 9.88 Å². The van der Waals surface area contributed by atoms with Gasteiger partial charge in [0, 0.05) is 24.0 Å². The Balaban J connectivity index is 1.79. The normalized spacial score (nSPS) is 10.5. The second-order valence-corrected chi connectivity index (χ2v) is 6.20. The van der Waals surface area contributed by atoms with E-state index in [1.807, 2.05) is 60.7 Å². The van der Waals surface area contributed by atoms with E-state index in [2.05, 4.69) is 4.98 Å². The number of aliphatic hydroxyl groups excluding tert-OH is 1. The maximum atomic E-state index is 12.7. The zero-order valence-corrected chi connectivity index (χ0v) is 13.9. The Hall–Kier alpha value is -2.50. The average molecular weight is 338 g/mol. The summed E-state index contributed by atoms with van der Waals surface area (Å²) in [6, 6.07) is 19.5. The van der Waals surface area contributed by atoms with Crippen LogP contribution in [0, 0.1) is 0 Å². The summed E-state index contributed by atoms with van der Waals surface area (Å²) in [6.07, 6.45) is 0. The Labute approximate surface area is 145 Å². The van der Waals surface area contributed by atoms with Gasteiger partial charge in [0.1, 0.15) is 10.7 Å². The van der Waals surface area contributed by atoms with Crippen LogP contribution in [-0.2, 0) is 6.54 Å². The molecule has 0 aliphatic carbocycles. The fraction of sp³-hybridized carbons (Fsp3) is 0.158. The first-order chi connectivity index (χ1) is 11.8. The van der Waals surface area contributed by atoms with Gasteiger partial charge in [-0.3, -0.25) is 4.79 Å². The lowest BCUT2D eigenvalue weighted by molar-refractivity contribution is 0.0703. The molecule has 1 amide bonds. The Kier molecular flexibility index (Phi) is 5.36. The summed E-state index contributed by atoms with van der Waals surface area (Å²) in [7, 11) is 0. The number of hydrogen-bond acceptors (Lipinski definition) is 4. The molecule has 4 nitrogen and oxygen atoms in total. The Bertz CT molecular complexity index is 787. The molecule has 0 fully saturated rings. The van der Waals surface area contributed by atoms with Gasteiger partial charge >= 0.3 is 0 Å². The molecule has 0 aliphatic rings. The third-order valence-electron chi connectivity index (χ3n) is 3.62. The molecular weight excluding hydrogens is 320 g/mol. The van der Waals surface area contributed by atoms with E-state index in [1.54, 1.807) is 10.3 Å². The predicted octanol–water partition coefficient (Wildman–Crippen LogP) is 3.44. The molecule has 0 spiro atoms. The van der Waals surface area contributed by atoms with E-state index in [9.17, 15) is 9.90 Å². The van der Waals surface area contributed by atoms with Crippen LogP contribution in [-0.4, -0.2) is 34.0 Å². The number of rotatable bonds is 6. The van der Waals surface area contributed by atoms with E-state index in [4.69, 9.17) is 0 Å². The van der Waals surface area contributed by atoms with Crippen LogP contribution >= 0.6 is 11.3 Å². The summed E-state index contributed by atoms with van der Waals surface area (Å²) < 4.78 is 0. The van der Waals surface area contributed by atoms with E-state index in [0.717, 1.165) is 16.1 Å². The van der Waals surface area contributed by atoms with Crippen LogP contribution < -0.4 is 0 Å². The summed E-state index contributed by atoms with van der Waals surface area (Å²) in [5.41, 5.74) is 2.44. The molecule has 24 heavy (non-hydrogen) atoms. The minimum absolute atomic E-state index is 0.0751. The highest BCUT2D eigenvalue weighted by molar-refractivity contribution is 7.13. The lowest BCUT2D eigenvalue weighted by Crippen LogP contribution is -2.33. The molecule has 2 aromatic carbocycles. The number of hydrogen-bond donors (Lipinski definition) is 1. The SMILES string of the molecule is O=C(c1csc(-c2ccccc2)n1)N(CCO)Cc1ccccc1. The highest BCUT2D eigenvalue weighted by Gasteiger charge is 2.19. The lowest BCUT2D eigenvalue weighted by atomic mass is 10.2. The van der Waals surface area contributed by atoms with Crippen LogP contribution in [0.25, 0.3) is 10.6 Å².